The van der Waals surface area contributed by atoms with E-state index < -0.39 is 0 Å². The van der Waals surface area contributed by atoms with Gasteiger partial charge in [-0.15, -0.1) is 6.42 Å². The normalized spacial score (nSPS) is 9.75. The first-order valence-electron chi connectivity index (χ1n) is 4.30. The predicted octanol–water partition coefficient (Wildman–Crippen LogP) is 1.64. The van der Waals surface area contributed by atoms with Crippen LogP contribution >= 0.6 is 0 Å². The van der Waals surface area contributed by atoms with E-state index >= 15 is 0 Å². The Bertz CT molecular complexity index is 291. The van der Waals surface area contributed by atoms with E-state index in [1.165, 1.54) is 5.69 Å². The second-order valence-electron chi connectivity index (χ2n) is 2.70. The molecule has 2 nitrogen and oxygen atoms in total. The van der Waals surface area contributed by atoms with Crippen molar-refractivity contribution >= 4 is 0 Å². The summed E-state index contributed by atoms with van der Waals surface area (Å²) in [5, 5.41) is 4.36. The summed E-state index contributed by atoms with van der Waals surface area (Å²) in [6, 6.07) is 2.12. The van der Waals surface area contributed by atoms with E-state index in [1.54, 1.807) is 0 Å². The number of terminal acetylenes is 1. The molecule has 0 radical (unpaired) electrons. The first-order valence-corrected chi connectivity index (χ1v) is 4.30. The highest BCUT2D eigenvalue weighted by Crippen LogP contribution is 2.05. The Balaban J connectivity index is 2.93. The Morgan fingerprint density at radius 1 is 1.50 bits per heavy atom. The van der Waals surface area contributed by atoms with Crippen molar-refractivity contribution in [1.82, 2.24) is 9.78 Å². The number of hydrogen-bond donors (Lipinski definition) is 0. The molecule has 0 spiro atoms. The molecule has 64 valence electrons. The predicted molar refractivity (Wildman–Crippen MR) is 49.8 cm³/mol. The molecule has 0 aliphatic heterocycles. The van der Waals surface area contributed by atoms with Crippen LogP contribution in [0.15, 0.2) is 6.07 Å². The fourth-order valence-corrected chi connectivity index (χ4v) is 1.20. The van der Waals surface area contributed by atoms with Gasteiger partial charge in [0.25, 0.3) is 0 Å². The Morgan fingerprint density at radius 2 is 2.25 bits per heavy atom. The number of rotatable bonds is 3. The molecule has 0 unspecified atom stereocenters. The fraction of sp³-hybridized carbons (Fsp3) is 0.500. The van der Waals surface area contributed by atoms with Crippen LogP contribution in [-0.2, 0) is 19.4 Å². The molecule has 1 rings (SSSR count). The second kappa shape index (κ2) is 3.96. The third-order valence-corrected chi connectivity index (χ3v) is 1.88. The minimum atomic E-state index is 0.586. The molecule has 0 aromatic carbocycles. The van der Waals surface area contributed by atoms with Crippen LogP contribution in [0.5, 0.6) is 0 Å². The molecule has 0 N–H and O–H groups in total. The van der Waals surface area contributed by atoms with Crippen LogP contribution in [0.3, 0.4) is 0 Å². The average Bonchev–Trinajstić information content (AvgIpc) is 2.48. The number of hydrogen-bond acceptors (Lipinski definition) is 1. The summed E-state index contributed by atoms with van der Waals surface area (Å²) >= 11 is 0. The number of aromatic nitrogens is 2. The maximum Gasteiger partial charge on any atom is 0.102 e. The lowest BCUT2D eigenvalue weighted by molar-refractivity contribution is 0.663. The van der Waals surface area contributed by atoms with Crippen molar-refractivity contribution in [1.29, 1.82) is 0 Å². The summed E-state index contributed by atoms with van der Waals surface area (Å²) in [6.07, 6.45) is 7.20. The zero-order chi connectivity index (χ0) is 8.97. The van der Waals surface area contributed by atoms with Crippen LogP contribution < -0.4 is 0 Å². The van der Waals surface area contributed by atoms with Crippen LogP contribution in [0.25, 0.3) is 0 Å². The van der Waals surface area contributed by atoms with Crippen LogP contribution in [0.2, 0.25) is 0 Å². The molecule has 1 aromatic rings. The van der Waals surface area contributed by atoms with Gasteiger partial charge < -0.3 is 0 Å². The quantitative estimate of drug-likeness (QED) is 0.618. The van der Waals surface area contributed by atoms with Crippen molar-refractivity contribution in [2.75, 3.05) is 0 Å². The summed E-state index contributed by atoms with van der Waals surface area (Å²) in [5.74, 6) is 2.60. The van der Waals surface area contributed by atoms with Gasteiger partial charge in [0.1, 0.15) is 6.54 Å². The number of aryl methyl sites for hydroxylation is 2. The zero-order valence-electron chi connectivity index (χ0n) is 7.67. The maximum atomic E-state index is 5.22. The minimum absolute atomic E-state index is 0.586. The third kappa shape index (κ3) is 1.68. The van der Waals surface area contributed by atoms with Crippen LogP contribution in [-0.4, -0.2) is 9.78 Å². The molecule has 0 aliphatic carbocycles. The first-order chi connectivity index (χ1) is 5.81. The zero-order valence-corrected chi connectivity index (χ0v) is 7.67. The summed E-state index contributed by atoms with van der Waals surface area (Å²) in [4.78, 5) is 0. The molecule has 1 heterocycles. The summed E-state index contributed by atoms with van der Waals surface area (Å²) in [7, 11) is 0. The second-order valence-corrected chi connectivity index (χ2v) is 2.70. The van der Waals surface area contributed by atoms with Crippen molar-refractivity contribution in [3.05, 3.63) is 17.5 Å². The number of nitrogens with zero attached hydrogens (tertiary/aromatic N) is 2. The highest BCUT2D eigenvalue weighted by Gasteiger charge is 2.02. The molecule has 12 heavy (non-hydrogen) atoms. The molecule has 0 saturated carbocycles. The van der Waals surface area contributed by atoms with Crippen LogP contribution in [0.4, 0.5) is 0 Å². The monoisotopic (exact) mass is 162 g/mol. The van der Waals surface area contributed by atoms with Gasteiger partial charge in [-0.2, -0.15) is 5.10 Å². The summed E-state index contributed by atoms with van der Waals surface area (Å²) in [5.41, 5.74) is 2.35. The summed E-state index contributed by atoms with van der Waals surface area (Å²) in [6.45, 7) is 4.80. The highest BCUT2D eigenvalue weighted by atomic mass is 15.3. The van der Waals surface area contributed by atoms with E-state index in [4.69, 9.17) is 6.42 Å². The lowest BCUT2D eigenvalue weighted by Crippen LogP contribution is -2.02. The SMILES string of the molecule is C#CCn1nc(CC)cc1CC. The van der Waals surface area contributed by atoms with Gasteiger partial charge in [-0.3, -0.25) is 4.68 Å². The van der Waals surface area contributed by atoms with E-state index in [0.29, 0.717) is 6.54 Å². The average molecular weight is 162 g/mol. The molecule has 0 saturated heterocycles. The van der Waals surface area contributed by atoms with Crippen molar-refractivity contribution in [3.63, 3.8) is 0 Å². The minimum Gasteiger partial charge on any atom is -0.257 e. The maximum absolute atomic E-state index is 5.22. The van der Waals surface area contributed by atoms with E-state index in [2.05, 4.69) is 30.9 Å². The third-order valence-electron chi connectivity index (χ3n) is 1.88. The van der Waals surface area contributed by atoms with E-state index in [1.807, 2.05) is 4.68 Å². The van der Waals surface area contributed by atoms with Crippen LogP contribution in [0, 0.1) is 12.3 Å². The molecule has 0 fully saturated rings. The first kappa shape index (κ1) is 8.86. The van der Waals surface area contributed by atoms with Crippen molar-refractivity contribution in [2.45, 2.75) is 33.2 Å². The molecule has 0 atom stereocenters. The lowest BCUT2D eigenvalue weighted by atomic mass is 10.3. The molecule has 2 heteroatoms. The smallest absolute Gasteiger partial charge is 0.102 e. The Labute approximate surface area is 73.6 Å². The molecular weight excluding hydrogens is 148 g/mol. The van der Waals surface area contributed by atoms with Gasteiger partial charge >= 0.3 is 0 Å². The molecule has 0 aliphatic rings. The fourth-order valence-electron chi connectivity index (χ4n) is 1.20. The van der Waals surface area contributed by atoms with E-state index in [-0.39, 0.29) is 0 Å². The Kier molecular flexibility index (Phi) is 2.93. The molecular formula is C10H14N2. The van der Waals surface area contributed by atoms with E-state index in [0.717, 1.165) is 18.5 Å². The van der Waals surface area contributed by atoms with Gasteiger partial charge in [0.15, 0.2) is 0 Å². The van der Waals surface area contributed by atoms with E-state index in [9.17, 15) is 0 Å². The van der Waals surface area contributed by atoms with Crippen molar-refractivity contribution in [2.24, 2.45) is 0 Å². The van der Waals surface area contributed by atoms with Gasteiger partial charge in [0.05, 0.1) is 5.69 Å². The molecule has 0 amide bonds. The Morgan fingerprint density at radius 3 is 2.75 bits per heavy atom. The summed E-state index contributed by atoms with van der Waals surface area (Å²) < 4.78 is 1.90. The largest absolute Gasteiger partial charge is 0.257 e. The Hall–Kier alpha value is -1.23. The topological polar surface area (TPSA) is 17.8 Å². The standard InChI is InChI=1S/C10H14N2/c1-4-7-12-10(6-3)8-9(5-2)11-12/h1,8H,5-7H2,2-3H3. The van der Waals surface area contributed by atoms with Gasteiger partial charge in [-0.1, -0.05) is 19.8 Å². The van der Waals surface area contributed by atoms with Gasteiger partial charge in [-0.05, 0) is 18.9 Å². The van der Waals surface area contributed by atoms with Crippen LogP contribution in [0.1, 0.15) is 25.2 Å². The highest BCUT2D eigenvalue weighted by molar-refractivity contribution is 5.11. The van der Waals surface area contributed by atoms with Crippen molar-refractivity contribution in [3.8, 4) is 12.3 Å². The van der Waals surface area contributed by atoms with Gasteiger partial charge in [0, 0.05) is 5.69 Å². The van der Waals surface area contributed by atoms with Gasteiger partial charge in [0.2, 0.25) is 0 Å². The molecule has 0 bridgehead atoms. The molecule has 1 aromatic heterocycles. The van der Waals surface area contributed by atoms with Crippen molar-refractivity contribution < 1.29 is 0 Å². The van der Waals surface area contributed by atoms with Gasteiger partial charge in [-0.25, -0.2) is 0 Å². The lowest BCUT2D eigenvalue weighted by Gasteiger charge is -1.98.